The number of nitrogens with zero attached hydrogens (tertiary/aromatic N) is 3. The highest BCUT2D eigenvalue weighted by Crippen LogP contribution is 2.28. The van der Waals surface area contributed by atoms with Gasteiger partial charge >= 0.3 is 5.69 Å². The number of piperidine rings is 1. The van der Waals surface area contributed by atoms with Gasteiger partial charge in [0, 0.05) is 25.4 Å². The second-order valence-electron chi connectivity index (χ2n) is 4.06. The summed E-state index contributed by atoms with van der Waals surface area (Å²) in [6.07, 6.45) is 10.3. The van der Waals surface area contributed by atoms with Crippen LogP contribution in [0.3, 0.4) is 0 Å². The van der Waals surface area contributed by atoms with Gasteiger partial charge in [-0.1, -0.05) is 11.5 Å². The summed E-state index contributed by atoms with van der Waals surface area (Å²) >= 11 is 0. The molecule has 1 aliphatic heterocycles. The zero-order valence-corrected chi connectivity index (χ0v) is 9.87. The number of nitro groups is 1. The molecule has 0 N–H and O–H groups in total. The van der Waals surface area contributed by atoms with Crippen molar-refractivity contribution in [3.05, 3.63) is 40.1 Å². The lowest BCUT2D eigenvalue weighted by molar-refractivity contribution is -0.384. The Balaban J connectivity index is 2.18. The summed E-state index contributed by atoms with van der Waals surface area (Å²) < 4.78 is 0. The van der Waals surface area contributed by atoms with Crippen LogP contribution in [0, 0.1) is 22.5 Å². The van der Waals surface area contributed by atoms with E-state index in [2.05, 4.69) is 10.9 Å². The fourth-order valence-corrected chi connectivity index (χ4v) is 2.04. The summed E-state index contributed by atoms with van der Waals surface area (Å²) in [6.45, 7) is 1.43. The Kier molecular flexibility index (Phi) is 3.58. The number of aromatic nitrogens is 1. The van der Waals surface area contributed by atoms with Crippen LogP contribution in [0.2, 0.25) is 0 Å². The molecule has 2 rings (SSSR count). The molecule has 0 spiro atoms. The molecule has 0 saturated carbocycles. The van der Waals surface area contributed by atoms with Crippen LogP contribution in [0.25, 0.3) is 0 Å². The van der Waals surface area contributed by atoms with Crippen molar-refractivity contribution in [2.75, 3.05) is 18.0 Å². The Morgan fingerprint density at radius 3 is 2.83 bits per heavy atom. The third-order valence-corrected chi connectivity index (χ3v) is 2.96. The first kappa shape index (κ1) is 12.1. The maximum Gasteiger partial charge on any atom is 0.311 e. The Morgan fingerprint density at radius 1 is 1.50 bits per heavy atom. The molecule has 1 aromatic heterocycles. The Bertz CT molecular complexity index is 521. The predicted molar refractivity (Wildman–Crippen MR) is 69.3 cm³/mol. The summed E-state index contributed by atoms with van der Waals surface area (Å²) in [4.78, 5) is 16.6. The minimum absolute atomic E-state index is 0.0573. The molecular formula is C13H13N3O2. The van der Waals surface area contributed by atoms with Crippen molar-refractivity contribution < 1.29 is 4.92 Å². The van der Waals surface area contributed by atoms with Gasteiger partial charge in [0.1, 0.15) is 0 Å². The fraction of sp³-hybridized carbons (Fsp3) is 0.308. The molecule has 0 amide bonds. The Labute approximate surface area is 105 Å². The lowest BCUT2D eigenvalue weighted by Gasteiger charge is -2.28. The molecule has 92 valence electrons. The molecular weight excluding hydrogens is 230 g/mol. The van der Waals surface area contributed by atoms with Crippen LogP contribution in [-0.4, -0.2) is 23.0 Å². The SMILES string of the molecule is C#CC=C1CCN(c2ncccc2[N+](=O)[O-])CC1. The van der Waals surface area contributed by atoms with E-state index in [1.165, 1.54) is 11.6 Å². The minimum atomic E-state index is -0.394. The topological polar surface area (TPSA) is 59.3 Å². The van der Waals surface area contributed by atoms with Gasteiger partial charge in [0.05, 0.1) is 4.92 Å². The minimum Gasteiger partial charge on any atom is -0.350 e. The predicted octanol–water partition coefficient (Wildman–Crippen LogP) is 2.15. The monoisotopic (exact) mass is 243 g/mol. The third kappa shape index (κ3) is 2.48. The molecule has 0 aliphatic carbocycles. The van der Waals surface area contributed by atoms with Gasteiger partial charge in [-0.15, -0.1) is 6.42 Å². The van der Waals surface area contributed by atoms with Gasteiger partial charge in [0.25, 0.3) is 0 Å². The van der Waals surface area contributed by atoms with E-state index >= 15 is 0 Å². The van der Waals surface area contributed by atoms with E-state index in [1.807, 2.05) is 4.90 Å². The van der Waals surface area contributed by atoms with Crippen LogP contribution in [0.1, 0.15) is 12.8 Å². The number of anilines is 1. The zero-order chi connectivity index (χ0) is 13.0. The van der Waals surface area contributed by atoms with Crippen molar-refractivity contribution in [3.8, 4) is 12.3 Å². The first-order chi connectivity index (χ1) is 8.72. The molecule has 5 nitrogen and oxygen atoms in total. The van der Waals surface area contributed by atoms with E-state index in [1.54, 1.807) is 18.3 Å². The van der Waals surface area contributed by atoms with Crippen molar-refractivity contribution in [1.82, 2.24) is 4.98 Å². The Morgan fingerprint density at radius 2 is 2.22 bits per heavy atom. The molecule has 2 heterocycles. The second kappa shape index (κ2) is 5.32. The standard InChI is InChI=1S/C13H13N3O2/c1-2-4-11-6-9-15(10-7-11)13-12(16(17)18)5-3-8-14-13/h1,3-5,8H,6-7,9-10H2. The molecule has 0 unspecified atom stereocenters. The van der Waals surface area contributed by atoms with E-state index in [4.69, 9.17) is 6.42 Å². The van der Waals surface area contributed by atoms with Crippen LogP contribution in [0.5, 0.6) is 0 Å². The largest absolute Gasteiger partial charge is 0.350 e. The lowest BCUT2D eigenvalue weighted by Crippen LogP contribution is -2.31. The van der Waals surface area contributed by atoms with Crippen LogP contribution in [-0.2, 0) is 0 Å². The molecule has 0 aromatic carbocycles. The van der Waals surface area contributed by atoms with Crippen LogP contribution < -0.4 is 4.90 Å². The molecule has 0 atom stereocenters. The van der Waals surface area contributed by atoms with Gasteiger partial charge in [-0.05, 0) is 25.0 Å². The van der Waals surface area contributed by atoms with Gasteiger partial charge in [-0.25, -0.2) is 4.98 Å². The number of allylic oxidation sites excluding steroid dienone is 1. The number of hydrogen-bond donors (Lipinski definition) is 0. The molecule has 1 saturated heterocycles. The van der Waals surface area contributed by atoms with Gasteiger partial charge in [0.15, 0.2) is 0 Å². The summed E-state index contributed by atoms with van der Waals surface area (Å²) in [7, 11) is 0. The summed E-state index contributed by atoms with van der Waals surface area (Å²) in [5.74, 6) is 2.96. The molecule has 1 fully saturated rings. The van der Waals surface area contributed by atoms with E-state index in [9.17, 15) is 10.1 Å². The molecule has 5 heteroatoms. The van der Waals surface area contributed by atoms with Crippen molar-refractivity contribution in [1.29, 1.82) is 0 Å². The quantitative estimate of drug-likeness (QED) is 0.453. The van der Waals surface area contributed by atoms with E-state index in [0.29, 0.717) is 18.9 Å². The van der Waals surface area contributed by atoms with Crippen LogP contribution in [0.4, 0.5) is 11.5 Å². The maximum atomic E-state index is 10.9. The fourth-order valence-electron chi connectivity index (χ4n) is 2.04. The number of hydrogen-bond acceptors (Lipinski definition) is 4. The van der Waals surface area contributed by atoms with Crippen LogP contribution in [0.15, 0.2) is 30.0 Å². The highest BCUT2D eigenvalue weighted by molar-refractivity contribution is 5.57. The molecule has 1 aromatic rings. The lowest BCUT2D eigenvalue weighted by atomic mass is 10.0. The molecule has 0 radical (unpaired) electrons. The normalized spacial score (nSPS) is 15.1. The third-order valence-electron chi connectivity index (χ3n) is 2.96. The number of rotatable bonds is 2. The molecule has 18 heavy (non-hydrogen) atoms. The number of pyridine rings is 1. The average Bonchev–Trinajstić information content (AvgIpc) is 2.40. The van der Waals surface area contributed by atoms with Gasteiger partial charge < -0.3 is 4.90 Å². The zero-order valence-electron chi connectivity index (χ0n) is 9.87. The second-order valence-corrected chi connectivity index (χ2v) is 4.06. The summed E-state index contributed by atoms with van der Waals surface area (Å²) in [6, 6.07) is 3.06. The highest BCUT2D eigenvalue weighted by atomic mass is 16.6. The van der Waals surface area contributed by atoms with Crippen molar-refractivity contribution in [2.45, 2.75) is 12.8 Å². The average molecular weight is 243 g/mol. The van der Waals surface area contributed by atoms with Crippen molar-refractivity contribution >= 4 is 11.5 Å². The van der Waals surface area contributed by atoms with Gasteiger partial charge in [-0.3, -0.25) is 10.1 Å². The van der Waals surface area contributed by atoms with Crippen molar-refractivity contribution in [3.63, 3.8) is 0 Å². The van der Waals surface area contributed by atoms with E-state index < -0.39 is 4.92 Å². The first-order valence-electron chi connectivity index (χ1n) is 5.71. The maximum absolute atomic E-state index is 10.9. The first-order valence-corrected chi connectivity index (χ1v) is 5.71. The summed E-state index contributed by atoms with van der Waals surface area (Å²) in [5.41, 5.74) is 1.27. The smallest absolute Gasteiger partial charge is 0.311 e. The van der Waals surface area contributed by atoms with Crippen molar-refractivity contribution in [2.24, 2.45) is 0 Å². The van der Waals surface area contributed by atoms with E-state index in [-0.39, 0.29) is 5.69 Å². The molecule has 1 aliphatic rings. The molecule has 0 bridgehead atoms. The highest BCUT2D eigenvalue weighted by Gasteiger charge is 2.22. The van der Waals surface area contributed by atoms with Gasteiger partial charge in [0.2, 0.25) is 5.82 Å². The van der Waals surface area contributed by atoms with Crippen LogP contribution >= 0.6 is 0 Å². The number of terminal acetylenes is 1. The van der Waals surface area contributed by atoms with E-state index in [0.717, 1.165) is 12.8 Å². The Hall–Kier alpha value is -2.35. The van der Waals surface area contributed by atoms with Gasteiger partial charge in [-0.2, -0.15) is 0 Å². The summed E-state index contributed by atoms with van der Waals surface area (Å²) in [5, 5.41) is 10.9.